The Labute approximate surface area is 205 Å². The monoisotopic (exact) mass is 479 g/mol. The number of para-hydroxylation sites is 1. The highest BCUT2D eigenvalue weighted by atomic mass is 16.5. The molecule has 4 aliphatic rings. The number of aliphatic hydroxyl groups excluding tert-OH is 1. The number of ether oxygens (including phenoxy) is 1. The number of hydrogen-bond acceptors (Lipinski definition) is 5. The maximum Gasteiger partial charge on any atom is 0.249 e. The van der Waals surface area contributed by atoms with Crippen LogP contribution < -0.4 is 4.90 Å². The van der Waals surface area contributed by atoms with E-state index < -0.39 is 41.2 Å². The average molecular weight is 480 g/mol. The first kappa shape index (κ1) is 23.8. The molecule has 1 N–H and O–H groups in total. The second-order valence-corrected chi connectivity index (χ2v) is 10.9. The maximum atomic E-state index is 14.1. The lowest BCUT2D eigenvalue weighted by atomic mass is 9.77. The fourth-order valence-corrected chi connectivity index (χ4v) is 6.08. The zero-order valence-electron chi connectivity index (χ0n) is 20.6. The molecule has 0 aliphatic carbocycles. The molecule has 4 heterocycles. The number of likely N-dealkylation sites (tertiary alicyclic amines) is 1. The minimum atomic E-state index is -1.29. The molecule has 3 amide bonds. The zero-order chi connectivity index (χ0) is 25.1. The van der Waals surface area contributed by atoms with E-state index in [4.69, 9.17) is 4.74 Å². The van der Waals surface area contributed by atoms with Crippen LogP contribution in [0.5, 0.6) is 0 Å². The van der Waals surface area contributed by atoms with Crippen molar-refractivity contribution in [1.29, 1.82) is 0 Å². The molecule has 8 nitrogen and oxygen atoms in total. The van der Waals surface area contributed by atoms with Gasteiger partial charge in [-0.3, -0.25) is 14.4 Å². The number of benzene rings is 1. The van der Waals surface area contributed by atoms with Crippen molar-refractivity contribution >= 4 is 23.4 Å². The predicted molar refractivity (Wildman–Crippen MR) is 130 cm³/mol. The summed E-state index contributed by atoms with van der Waals surface area (Å²) in [5.41, 5.74) is -1.02. The van der Waals surface area contributed by atoms with Crippen LogP contribution in [0.3, 0.4) is 0 Å². The fraction of sp³-hybridized carbons (Fsp3) is 0.519. The predicted octanol–water partition coefficient (Wildman–Crippen LogP) is 1.75. The first-order valence-electron chi connectivity index (χ1n) is 12.2. The van der Waals surface area contributed by atoms with Crippen LogP contribution in [0.2, 0.25) is 0 Å². The van der Waals surface area contributed by atoms with Crippen LogP contribution in [0.4, 0.5) is 5.69 Å². The van der Waals surface area contributed by atoms with Crippen molar-refractivity contribution in [3.05, 3.63) is 54.6 Å². The van der Waals surface area contributed by atoms with Crippen molar-refractivity contribution in [2.45, 2.75) is 57.0 Å². The van der Waals surface area contributed by atoms with Crippen LogP contribution in [0.25, 0.3) is 0 Å². The van der Waals surface area contributed by atoms with Crippen LogP contribution in [0.15, 0.2) is 54.6 Å². The number of rotatable bonds is 3. The molecule has 5 rings (SSSR count). The summed E-state index contributed by atoms with van der Waals surface area (Å²) in [6, 6.07) is 7.81. The molecule has 2 fully saturated rings. The largest absolute Gasteiger partial charge is 0.394 e. The van der Waals surface area contributed by atoms with E-state index >= 15 is 0 Å². The van der Waals surface area contributed by atoms with Gasteiger partial charge in [0.05, 0.1) is 30.6 Å². The van der Waals surface area contributed by atoms with Crippen LogP contribution in [-0.4, -0.2) is 81.7 Å². The standard InChI is InChI=1S/C27H33N3O5/c1-17(16-31)30-22-25(34)29(26(2,3)4)15-9-13-27(22)21(24(30)33)20-19(35-27)12-8-14-28(23(20)32)18-10-6-5-7-11-18/h5-13,17,19-22,31H,14-16H2,1-4H3/t17-,19+,20-,21+,22?,27+/m1/s1. The van der Waals surface area contributed by atoms with Gasteiger partial charge in [-0.15, -0.1) is 0 Å². The van der Waals surface area contributed by atoms with Crippen molar-refractivity contribution in [2.75, 3.05) is 24.6 Å². The highest BCUT2D eigenvalue weighted by Gasteiger charge is 2.72. The van der Waals surface area contributed by atoms with Gasteiger partial charge in [-0.2, -0.15) is 0 Å². The summed E-state index contributed by atoms with van der Waals surface area (Å²) in [5.74, 6) is -2.40. The van der Waals surface area contributed by atoms with Gasteiger partial charge in [-0.05, 0) is 39.8 Å². The Hall–Kier alpha value is -2.97. The highest BCUT2D eigenvalue weighted by Crippen LogP contribution is 2.54. The van der Waals surface area contributed by atoms with Gasteiger partial charge in [0.1, 0.15) is 11.6 Å². The molecule has 0 aromatic heterocycles. The van der Waals surface area contributed by atoms with Crippen LogP contribution in [-0.2, 0) is 19.1 Å². The second-order valence-electron chi connectivity index (χ2n) is 10.9. The molecule has 8 heteroatoms. The third-order valence-electron chi connectivity index (χ3n) is 7.71. The van der Waals surface area contributed by atoms with Crippen LogP contribution in [0.1, 0.15) is 27.7 Å². The molecule has 0 bridgehead atoms. The lowest BCUT2D eigenvalue weighted by Gasteiger charge is -2.41. The third-order valence-corrected chi connectivity index (χ3v) is 7.71. The molecular formula is C27H33N3O5. The van der Waals surface area contributed by atoms with E-state index in [1.165, 1.54) is 4.90 Å². The summed E-state index contributed by atoms with van der Waals surface area (Å²) >= 11 is 0. The number of carbonyl (C=O) groups excluding carboxylic acids is 3. The van der Waals surface area contributed by atoms with Gasteiger partial charge in [-0.25, -0.2) is 0 Å². The first-order valence-corrected chi connectivity index (χ1v) is 12.2. The smallest absolute Gasteiger partial charge is 0.249 e. The SMILES string of the molecule is C[C@H](CO)N1C(=O)[C@@H]2[C@@H]3C(=O)N(c4ccccc4)CC=C[C@@H]3O[C@@]23C=CCN(C(C)(C)C)C(=O)C13. The van der Waals surface area contributed by atoms with E-state index in [1.54, 1.807) is 16.7 Å². The van der Waals surface area contributed by atoms with Gasteiger partial charge < -0.3 is 24.5 Å². The third kappa shape index (κ3) is 3.45. The summed E-state index contributed by atoms with van der Waals surface area (Å²) in [7, 11) is 0. The van der Waals surface area contributed by atoms with E-state index in [1.807, 2.05) is 75.4 Å². The minimum Gasteiger partial charge on any atom is -0.394 e. The lowest BCUT2D eigenvalue weighted by Crippen LogP contribution is -2.60. The lowest BCUT2D eigenvalue weighted by molar-refractivity contribution is -0.153. The van der Waals surface area contributed by atoms with Gasteiger partial charge in [0, 0.05) is 24.3 Å². The zero-order valence-corrected chi connectivity index (χ0v) is 20.6. The topological polar surface area (TPSA) is 90.4 Å². The van der Waals surface area contributed by atoms with Crippen LogP contribution in [0, 0.1) is 11.8 Å². The Balaban J connectivity index is 1.63. The first-order chi connectivity index (χ1) is 16.6. The Morgan fingerprint density at radius 3 is 2.43 bits per heavy atom. The fourth-order valence-electron chi connectivity index (χ4n) is 6.08. The number of fused-ring (bicyclic) bond motifs is 2. The molecule has 1 spiro atoms. The molecule has 186 valence electrons. The minimum absolute atomic E-state index is 0.198. The molecule has 0 radical (unpaired) electrons. The Morgan fingerprint density at radius 1 is 1.06 bits per heavy atom. The van der Waals surface area contributed by atoms with E-state index in [-0.39, 0.29) is 24.3 Å². The van der Waals surface area contributed by atoms with E-state index in [2.05, 4.69) is 0 Å². The summed E-state index contributed by atoms with van der Waals surface area (Å²) in [5, 5.41) is 10.0. The van der Waals surface area contributed by atoms with Gasteiger partial charge >= 0.3 is 0 Å². The van der Waals surface area contributed by atoms with Gasteiger partial charge in [-0.1, -0.05) is 42.5 Å². The number of aliphatic hydroxyl groups is 1. The second kappa shape index (κ2) is 8.31. The summed E-state index contributed by atoms with van der Waals surface area (Å²) in [4.78, 5) is 47.0. The molecular weight excluding hydrogens is 446 g/mol. The molecule has 1 unspecified atom stereocenters. The number of nitrogens with zero attached hydrogens (tertiary/aromatic N) is 3. The maximum absolute atomic E-state index is 14.1. The molecule has 0 saturated carbocycles. The number of carbonyl (C=O) groups is 3. The molecule has 2 saturated heterocycles. The number of anilines is 1. The summed E-state index contributed by atoms with van der Waals surface area (Å²) in [6.07, 6.45) is 6.83. The molecule has 6 atom stereocenters. The summed E-state index contributed by atoms with van der Waals surface area (Å²) < 4.78 is 6.61. The van der Waals surface area contributed by atoms with Crippen molar-refractivity contribution in [3.8, 4) is 0 Å². The molecule has 4 aliphatic heterocycles. The van der Waals surface area contributed by atoms with Crippen LogP contribution >= 0.6 is 0 Å². The molecule has 1 aromatic rings. The summed E-state index contributed by atoms with van der Waals surface area (Å²) in [6.45, 7) is 8.03. The van der Waals surface area contributed by atoms with Gasteiger partial charge in [0.2, 0.25) is 17.7 Å². The van der Waals surface area contributed by atoms with Gasteiger partial charge in [0.15, 0.2) is 0 Å². The highest BCUT2D eigenvalue weighted by molar-refractivity contribution is 6.04. The molecule has 35 heavy (non-hydrogen) atoms. The van der Waals surface area contributed by atoms with E-state index in [0.29, 0.717) is 13.1 Å². The number of amides is 3. The Bertz CT molecular complexity index is 1090. The normalized spacial score (nSPS) is 33.4. The number of hydrogen-bond donors (Lipinski definition) is 1. The Morgan fingerprint density at radius 2 is 1.77 bits per heavy atom. The molecule has 1 aromatic carbocycles. The Kier molecular flexibility index (Phi) is 5.64. The average Bonchev–Trinajstić information content (AvgIpc) is 3.14. The van der Waals surface area contributed by atoms with Crippen molar-refractivity contribution < 1.29 is 24.2 Å². The van der Waals surface area contributed by atoms with Crippen molar-refractivity contribution in [3.63, 3.8) is 0 Å². The van der Waals surface area contributed by atoms with Crippen molar-refractivity contribution in [1.82, 2.24) is 9.80 Å². The van der Waals surface area contributed by atoms with Crippen molar-refractivity contribution in [2.24, 2.45) is 11.8 Å². The van der Waals surface area contributed by atoms with E-state index in [0.717, 1.165) is 5.69 Å². The quantitative estimate of drug-likeness (QED) is 0.667. The van der Waals surface area contributed by atoms with Gasteiger partial charge in [0.25, 0.3) is 0 Å². The van der Waals surface area contributed by atoms with E-state index in [9.17, 15) is 19.5 Å².